The molecule has 0 amide bonds. The molecule has 0 aliphatic carbocycles. The first-order valence-electron chi connectivity index (χ1n) is 5.51. The Morgan fingerprint density at radius 1 is 1.40 bits per heavy atom. The van der Waals surface area contributed by atoms with Gasteiger partial charge in [0.25, 0.3) is 10.0 Å². The van der Waals surface area contributed by atoms with Gasteiger partial charge in [0.05, 0.1) is 19.4 Å². The summed E-state index contributed by atoms with van der Waals surface area (Å²) in [7, 11) is -2.17. The lowest BCUT2D eigenvalue weighted by atomic mass is 10.3. The number of methoxy groups -OCH3 is 1. The second kappa shape index (κ2) is 6.13. The summed E-state index contributed by atoms with van der Waals surface area (Å²) in [5, 5.41) is 10.6. The van der Waals surface area contributed by atoms with Crippen LogP contribution in [0.5, 0.6) is 5.75 Å². The van der Waals surface area contributed by atoms with Crippen LogP contribution in [0.2, 0.25) is 0 Å². The van der Waals surface area contributed by atoms with Crippen LogP contribution < -0.4 is 9.46 Å². The van der Waals surface area contributed by atoms with Crippen LogP contribution in [0, 0.1) is 0 Å². The van der Waals surface area contributed by atoms with Gasteiger partial charge >= 0.3 is 0 Å². The maximum absolute atomic E-state index is 12.2. The topological polar surface area (TPSA) is 75.6 Å². The summed E-state index contributed by atoms with van der Waals surface area (Å²) in [5.74, 6) is 0.549. The van der Waals surface area contributed by atoms with Crippen LogP contribution in [0.4, 0.5) is 5.69 Å². The van der Waals surface area contributed by atoms with Gasteiger partial charge in [-0.15, -0.1) is 11.3 Å². The second-order valence-electron chi connectivity index (χ2n) is 3.88. The first kappa shape index (κ1) is 15.3. The molecule has 20 heavy (non-hydrogen) atoms. The maximum Gasteiger partial charge on any atom is 0.271 e. The number of sulfonamides is 1. The Hall–Kier alpha value is -1.09. The average Bonchev–Trinajstić information content (AvgIpc) is 2.91. The Kier molecular flexibility index (Phi) is 4.69. The van der Waals surface area contributed by atoms with Crippen molar-refractivity contribution in [1.82, 2.24) is 0 Å². The Labute approximate surface area is 129 Å². The normalized spacial score (nSPS) is 11.3. The van der Waals surface area contributed by atoms with Gasteiger partial charge in [-0.2, -0.15) is 0 Å². The Balaban J connectivity index is 2.32. The van der Waals surface area contributed by atoms with Gasteiger partial charge in [0.15, 0.2) is 0 Å². The van der Waals surface area contributed by atoms with Crippen LogP contribution in [0.1, 0.15) is 5.56 Å². The van der Waals surface area contributed by atoms with Crippen LogP contribution in [0.15, 0.2) is 38.3 Å². The van der Waals surface area contributed by atoms with E-state index in [2.05, 4.69) is 20.7 Å². The zero-order valence-electron chi connectivity index (χ0n) is 10.5. The lowest BCUT2D eigenvalue weighted by Crippen LogP contribution is -2.12. The monoisotopic (exact) mass is 377 g/mol. The molecule has 0 spiro atoms. The molecule has 1 heterocycles. The fraction of sp³-hybridized carbons (Fsp3) is 0.167. The van der Waals surface area contributed by atoms with E-state index < -0.39 is 10.0 Å². The van der Waals surface area contributed by atoms with Crippen molar-refractivity contribution in [2.24, 2.45) is 0 Å². The zero-order valence-corrected chi connectivity index (χ0v) is 13.7. The highest BCUT2D eigenvalue weighted by molar-refractivity contribution is 9.10. The number of aliphatic hydroxyl groups excluding tert-OH is 1. The highest BCUT2D eigenvalue weighted by Gasteiger charge is 2.18. The van der Waals surface area contributed by atoms with Crippen molar-refractivity contribution >= 4 is 43.0 Å². The zero-order chi connectivity index (χ0) is 14.8. The molecule has 0 aliphatic heterocycles. The first-order chi connectivity index (χ1) is 9.46. The molecule has 0 radical (unpaired) electrons. The third-order valence-electron chi connectivity index (χ3n) is 2.49. The number of thiophene rings is 1. The van der Waals surface area contributed by atoms with Gasteiger partial charge in [0.2, 0.25) is 0 Å². The molecule has 0 aliphatic rings. The van der Waals surface area contributed by atoms with E-state index in [-0.39, 0.29) is 10.8 Å². The molecule has 1 aromatic carbocycles. The van der Waals surface area contributed by atoms with Crippen molar-refractivity contribution in [3.05, 3.63) is 39.7 Å². The fourth-order valence-corrected chi connectivity index (χ4v) is 4.23. The van der Waals surface area contributed by atoms with E-state index in [1.807, 2.05) is 0 Å². The number of hydrogen-bond acceptors (Lipinski definition) is 5. The van der Waals surface area contributed by atoms with Gasteiger partial charge in [-0.25, -0.2) is 8.42 Å². The molecule has 0 fully saturated rings. The standard InChI is InChI=1S/C12H12BrNO4S2/c1-18-9-2-3-10(13)11(5-9)14-20(16,17)12-4-8(6-15)7-19-12/h2-5,7,14-15H,6H2,1H3. The number of ether oxygens (including phenoxy) is 1. The van der Waals surface area contributed by atoms with Crippen molar-refractivity contribution in [2.75, 3.05) is 11.8 Å². The molecular formula is C12H12BrNO4S2. The largest absolute Gasteiger partial charge is 0.497 e. The molecule has 0 bridgehead atoms. The smallest absolute Gasteiger partial charge is 0.271 e. The Morgan fingerprint density at radius 2 is 2.15 bits per heavy atom. The van der Waals surface area contributed by atoms with E-state index in [0.29, 0.717) is 21.5 Å². The molecule has 1 aromatic heterocycles. The van der Waals surface area contributed by atoms with Crippen molar-refractivity contribution in [3.63, 3.8) is 0 Å². The number of hydrogen-bond donors (Lipinski definition) is 2. The molecule has 0 saturated carbocycles. The molecule has 5 nitrogen and oxygen atoms in total. The van der Waals surface area contributed by atoms with E-state index in [0.717, 1.165) is 11.3 Å². The molecule has 0 atom stereocenters. The van der Waals surface area contributed by atoms with Crippen LogP contribution >= 0.6 is 27.3 Å². The van der Waals surface area contributed by atoms with Crippen LogP contribution in [-0.2, 0) is 16.6 Å². The summed E-state index contributed by atoms with van der Waals surface area (Å²) in [4.78, 5) is 0. The number of benzene rings is 1. The van der Waals surface area contributed by atoms with Crippen molar-refractivity contribution in [1.29, 1.82) is 0 Å². The minimum Gasteiger partial charge on any atom is -0.497 e. The van der Waals surface area contributed by atoms with Crippen LogP contribution in [0.25, 0.3) is 0 Å². The minimum atomic E-state index is -3.68. The van der Waals surface area contributed by atoms with Crippen molar-refractivity contribution in [2.45, 2.75) is 10.8 Å². The van der Waals surface area contributed by atoms with E-state index in [4.69, 9.17) is 9.84 Å². The molecule has 8 heteroatoms. The predicted molar refractivity (Wildman–Crippen MR) is 81.7 cm³/mol. The molecule has 2 aromatic rings. The number of rotatable bonds is 5. The van der Waals surface area contributed by atoms with Gasteiger partial charge in [0, 0.05) is 10.5 Å². The molecular weight excluding hydrogens is 366 g/mol. The van der Waals surface area contributed by atoms with Gasteiger partial charge in [-0.1, -0.05) is 0 Å². The Morgan fingerprint density at radius 3 is 2.75 bits per heavy atom. The second-order valence-corrected chi connectivity index (χ2v) is 7.56. The fourth-order valence-electron chi connectivity index (χ4n) is 1.48. The molecule has 2 N–H and O–H groups in total. The maximum atomic E-state index is 12.2. The van der Waals surface area contributed by atoms with Gasteiger partial charge in [-0.05, 0) is 45.1 Å². The lowest BCUT2D eigenvalue weighted by Gasteiger charge is -2.10. The number of aliphatic hydroxyl groups is 1. The summed E-state index contributed by atoms with van der Waals surface area (Å²) < 4.78 is 32.8. The number of halogens is 1. The molecule has 0 unspecified atom stereocenters. The summed E-state index contributed by atoms with van der Waals surface area (Å²) in [6.07, 6.45) is 0. The van der Waals surface area contributed by atoms with E-state index in [9.17, 15) is 8.42 Å². The molecule has 108 valence electrons. The summed E-state index contributed by atoms with van der Waals surface area (Å²) in [5.41, 5.74) is 0.961. The average molecular weight is 378 g/mol. The van der Waals surface area contributed by atoms with E-state index >= 15 is 0 Å². The first-order valence-corrected chi connectivity index (χ1v) is 8.66. The third-order valence-corrected chi connectivity index (χ3v) is 6.04. The third kappa shape index (κ3) is 3.32. The minimum absolute atomic E-state index is 0.149. The quantitative estimate of drug-likeness (QED) is 0.839. The van der Waals surface area contributed by atoms with Gasteiger partial charge < -0.3 is 9.84 Å². The highest BCUT2D eigenvalue weighted by atomic mass is 79.9. The number of anilines is 1. The van der Waals surface area contributed by atoms with Crippen molar-refractivity contribution < 1.29 is 18.3 Å². The molecule has 0 saturated heterocycles. The van der Waals surface area contributed by atoms with E-state index in [1.54, 1.807) is 23.6 Å². The van der Waals surface area contributed by atoms with E-state index in [1.165, 1.54) is 13.2 Å². The summed E-state index contributed by atoms with van der Waals surface area (Å²) in [6.45, 7) is -0.186. The Bertz CT molecular complexity index is 712. The van der Waals surface area contributed by atoms with Gasteiger partial charge in [0.1, 0.15) is 9.96 Å². The summed E-state index contributed by atoms with van der Waals surface area (Å²) >= 11 is 4.34. The van der Waals surface area contributed by atoms with Gasteiger partial charge in [-0.3, -0.25) is 4.72 Å². The van der Waals surface area contributed by atoms with Crippen molar-refractivity contribution in [3.8, 4) is 5.75 Å². The van der Waals surface area contributed by atoms with Crippen LogP contribution in [0.3, 0.4) is 0 Å². The van der Waals surface area contributed by atoms with Crippen LogP contribution in [-0.4, -0.2) is 20.6 Å². The predicted octanol–water partition coefficient (Wildman–Crippen LogP) is 2.81. The highest BCUT2D eigenvalue weighted by Crippen LogP contribution is 2.30. The molecule has 2 rings (SSSR count). The SMILES string of the molecule is COc1ccc(Br)c(NS(=O)(=O)c2cc(CO)cs2)c1. The lowest BCUT2D eigenvalue weighted by molar-refractivity contribution is 0.282. The number of nitrogens with one attached hydrogen (secondary N) is 1. The summed E-state index contributed by atoms with van der Waals surface area (Å²) in [6, 6.07) is 6.45.